The van der Waals surface area contributed by atoms with Gasteiger partial charge in [0.2, 0.25) is 0 Å². The summed E-state index contributed by atoms with van der Waals surface area (Å²) in [5, 5.41) is 0. The van der Waals surface area contributed by atoms with Gasteiger partial charge in [0, 0.05) is 16.9 Å². The Morgan fingerprint density at radius 2 is 2.18 bits per heavy atom. The monoisotopic (exact) mass is 295 g/mol. The molecule has 0 aliphatic rings. The molecule has 0 saturated carbocycles. The lowest BCUT2D eigenvalue weighted by atomic mass is 10.0. The Hall–Kier alpha value is -1.30. The van der Waals surface area contributed by atoms with E-state index in [1.54, 1.807) is 18.5 Å². The molecule has 0 radical (unpaired) electrons. The van der Waals surface area contributed by atoms with Crippen LogP contribution >= 0.6 is 15.9 Å². The molecule has 1 unspecified atom stereocenters. The molecule has 1 aromatic carbocycles. The van der Waals surface area contributed by atoms with Crippen molar-refractivity contribution in [2.45, 2.75) is 6.04 Å². The number of nitrogens with zero attached hydrogens (tertiary/aromatic N) is 1. The zero-order chi connectivity index (χ0) is 12.3. The summed E-state index contributed by atoms with van der Waals surface area (Å²) in [5.41, 5.74) is 4.28. The van der Waals surface area contributed by atoms with Gasteiger partial charge in [0.15, 0.2) is 0 Å². The van der Waals surface area contributed by atoms with E-state index in [0.717, 1.165) is 15.6 Å². The molecule has 17 heavy (non-hydrogen) atoms. The fourth-order valence-electron chi connectivity index (χ4n) is 1.65. The van der Waals surface area contributed by atoms with Gasteiger partial charge in [0.05, 0.1) is 6.04 Å². The number of hydrogen-bond donors (Lipinski definition) is 2. The summed E-state index contributed by atoms with van der Waals surface area (Å²) in [7, 11) is 0. The largest absolute Gasteiger partial charge is 0.271 e. The first-order chi connectivity index (χ1) is 8.22. The van der Waals surface area contributed by atoms with Crippen molar-refractivity contribution in [3.63, 3.8) is 0 Å². The SMILES string of the molecule is NNC(c1cccnc1)c1cc(F)ccc1Br. The second kappa shape index (κ2) is 5.35. The summed E-state index contributed by atoms with van der Waals surface area (Å²) in [6.45, 7) is 0. The topological polar surface area (TPSA) is 50.9 Å². The number of nitrogens with one attached hydrogen (secondary N) is 1. The van der Waals surface area contributed by atoms with Crippen molar-refractivity contribution in [2.24, 2.45) is 5.84 Å². The maximum absolute atomic E-state index is 13.3. The summed E-state index contributed by atoms with van der Waals surface area (Å²) in [5.74, 6) is 5.24. The van der Waals surface area contributed by atoms with E-state index >= 15 is 0 Å². The van der Waals surface area contributed by atoms with Gasteiger partial charge in [-0.15, -0.1) is 0 Å². The fraction of sp³-hybridized carbons (Fsp3) is 0.0833. The van der Waals surface area contributed by atoms with E-state index in [1.807, 2.05) is 12.1 Å². The standard InChI is InChI=1S/C12H11BrFN3/c13-11-4-3-9(14)6-10(11)12(17-15)8-2-1-5-16-7-8/h1-7,12,17H,15H2. The van der Waals surface area contributed by atoms with Crippen molar-refractivity contribution in [2.75, 3.05) is 0 Å². The molecule has 1 heterocycles. The minimum atomic E-state index is -0.299. The number of hydrazine groups is 1. The van der Waals surface area contributed by atoms with Crippen molar-refractivity contribution < 1.29 is 4.39 Å². The number of pyridine rings is 1. The normalized spacial score (nSPS) is 12.4. The van der Waals surface area contributed by atoms with Gasteiger partial charge in [-0.1, -0.05) is 22.0 Å². The van der Waals surface area contributed by atoms with Gasteiger partial charge in [-0.25, -0.2) is 9.82 Å². The van der Waals surface area contributed by atoms with Crippen LogP contribution in [0.5, 0.6) is 0 Å². The highest BCUT2D eigenvalue weighted by Crippen LogP contribution is 2.28. The average molecular weight is 296 g/mol. The maximum atomic E-state index is 13.3. The molecule has 0 aliphatic carbocycles. The molecule has 2 aromatic rings. The van der Waals surface area contributed by atoms with Gasteiger partial charge in [-0.3, -0.25) is 10.8 Å². The van der Waals surface area contributed by atoms with E-state index in [4.69, 9.17) is 5.84 Å². The summed E-state index contributed by atoms with van der Waals surface area (Å²) in [6, 6.07) is 7.90. The first-order valence-electron chi connectivity index (χ1n) is 5.03. The molecule has 0 amide bonds. The third-order valence-electron chi connectivity index (χ3n) is 2.45. The summed E-state index contributed by atoms with van der Waals surface area (Å²) < 4.78 is 14.1. The molecule has 3 N–H and O–H groups in total. The van der Waals surface area contributed by atoms with Gasteiger partial charge >= 0.3 is 0 Å². The lowest BCUT2D eigenvalue weighted by Gasteiger charge is -2.17. The van der Waals surface area contributed by atoms with Crippen LogP contribution in [0.15, 0.2) is 47.2 Å². The summed E-state index contributed by atoms with van der Waals surface area (Å²) in [6.07, 6.45) is 3.37. The Labute approximate surface area is 107 Å². The number of nitrogens with two attached hydrogens (primary N) is 1. The lowest BCUT2D eigenvalue weighted by molar-refractivity contribution is 0.602. The van der Waals surface area contributed by atoms with Crippen LogP contribution in [-0.2, 0) is 0 Å². The van der Waals surface area contributed by atoms with Gasteiger partial charge in [-0.2, -0.15) is 0 Å². The lowest BCUT2D eigenvalue weighted by Crippen LogP contribution is -2.29. The highest BCUT2D eigenvalue weighted by Gasteiger charge is 2.16. The molecule has 0 saturated heterocycles. The van der Waals surface area contributed by atoms with Gasteiger partial charge in [-0.05, 0) is 35.4 Å². The van der Waals surface area contributed by atoms with Crippen LogP contribution in [0.25, 0.3) is 0 Å². The fourth-order valence-corrected chi connectivity index (χ4v) is 2.12. The Balaban J connectivity index is 2.46. The number of halogens is 2. The van der Waals surface area contributed by atoms with Gasteiger partial charge in [0.1, 0.15) is 5.82 Å². The Bertz CT molecular complexity index is 504. The number of benzene rings is 1. The minimum absolute atomic E-state index is 0.297. The predicted octanol–water partition coefficient (Wildman–Crippen LogP) is 2.54. The molecule has 3 nitrogen and oxygen atoms in total. The Morgan fingerprint density at radius 1 is 1.35 bits per heavy atom. The van der Waals surface area contributed by atoms with Crippen molar-refractivity contribution in [3.8, 4) is 0 Å². The molecule has 0 spiro atoms. The molecule has 88 valence electrons. The Kier molecular flexibility index (Phi) is 3.83. The minimum Gasteiger partial charge on any atom is -0.271 e. The van der Waals surface area contributed by atoms with E-state index < -0.39 is 0 Å². The van der Waals surface area contributed by atoms with Crippen molar-refractivity contribution in [1.29, 1.82) is 0 Å². The van der Waals surface area contributed by atoms with E-state index in [0.29, 0.717) is 0 Å². The van der Waals surface area contributed by atoms with Crippen LogP contribution < -0.4 is 11.3 Å². The van der Waals surface area contributed by atoms with E-state index in [-0.39, 0.29) is 11.9 Å². The number of hydrogen-bond acceptors (Lipinski definition) is 3. The van der Waals surface area contributed by atoms with E-state index in [2.05, 4.69) is 26.3 Å². The highest BCUT2D eigenvalue weighted by atomic mass is 79.9. The van der Waals surface area contributed by atoms with Crippen LogP contribution in [0.2, 0.25) is 0 Å². The quantitative estimate of drug-likeness (QED) is 0.676. The highest BCUT2D eigenvalue weighted by molar-refractivity contribution is 9.10. The summed E-state index contributed by atoms with van der Waals surface area (Å²) >= 11 is 3.39. The predicted molar refractivity (Wildman–Crippen MR) is 67.5 cm³/mol. The molecule has 5 heteroatoms. The molecule has 0 aliphatic heterocycles. The van der Waals surface area contributed by atoms with Crippen molar-refractivity contribution in [1.82, 2.24) is 10.4 Å². The van der Waals surface area contributed by atoms with Crippen LogP contribution in [-0.4, -0.2) is 4.98 Å². The van der Waals surface area contributed by atoms with Gasteiger partial charge in [0.25, 0.3) is 0 Å². The van der Waals surface area contributed by atoms with Gasteiger partial charge < -0.3 is 0 Å². The van der Waals surface area contributed by atoms with Crippen LogP contribution in [0.3, 0.4) is 0 Å². The molecular weight excluding hydrogens is 285 g/mol. The van der Waals surface area contributed by atoms with Crippen LogP contribution in [0.1, 0.15) is 17.2 Å². The molecule has 1 atom stereocenters. The van der Waals surface area contributed by atoms with Crippen molar-refractivity contribution >= 4 is 15.9 Å². The molecule has 1 aromatic heterocycles. The molecular formula is C12H11BrFN3. The third kappa shape index (κ3) is 2.69. The van der Waals surface area contributed by atoms with E-state index in [1.165, 1.54) is 12.1 Å². The zero-order valence-electron chi connectivity index (χ0n) is 8.90. The second-order valence-corrected chi connectivity index (χ2v) is 4.41. The third-order valence-corrected chi connectivity index (χ3v) is 3.18. The molecule has 0 bridgehead atoms. The number of rotatable bonds is 3. The Morgan fingerprint density at radius 3 is 2.82 bits per heavy atom. The second-order valence-electron chi connectivity index (χ2n) is 3.55. The zero-order valence-corrected chi connectivity index (χ0v) is 10.5. The maximum Gasteiger partial charge on any atom is 0.123 e. The summed E-state index contributed by atoms with van der Waals surface area (Å²) in [4.78, 5) is 4.03. The average Bonchev–Trinajstić information content (AvgIpc) is 2.36. The first-order valence-corrected chi connectivity index (χ1v) is 5.82. The molecule has 0 fully saturated rings. The van der Waals surface area contributed by atoms with Crippen molar-refractivity contribution in [3.05, 3.63) is 64.1 Å². The number of aromatic nitrogens is 1. The molecule has 2 rings (SSSR count). The van der Waals surface area contributed by atoms with E-state index in [9.17, 15) is 4.39 Å². The van der Waals surface area contributed by atoms with Crippen LogP contribution in [0.4, 0.5) is 4.39 Å². The first kappa shape index (κ1) is 12.2. The smallest absolute Gasteiger partial charge is 0.123 e. The van der Waals surface area contributed by atoms with Crippen LogP contribution in [0, 0.1) is 5.82 Å².